The highest BCUT2D eigenvalue weighted by molar-refractivity contribution is 7.09. The van der Waals surface area contributed by atoms with E-state index in [1.165, 1.54) is 11.3 Å². The van der Waals surface area contributed by atoms with E-state index in [1.807, 2.05) is 63.9 Å². The van der Waals surface area contributed by atoms with E-state index in [9.17, 15) is 24.3 Å². The minimum atomic E-state index is -1.07. The van der Waals surface area contributed by atoms with Crippen LogP contribution in [-0.2, 0) is 25.5 Å². The van der Waals surface area contributed by atoms with Gasteiger partial charge in [-0.25, -0.2) is 4.98 Å². The van der Waals surface area contributed by atoms with Crippen molar-refractivity contribution < 1.29 is 29.0 Å². The van der Waals surface area contributed by atoms with Crippen LogP contribution >= 0.6 is 11.3 Å². The van der Waals surface area contributed by atoms with Crippen molar-refractivity contribution >= 4 is 40.7 Å². The predicted molar refractivity (Wildman–Crippen MR) is 230 cm³/mol. The molecule has 6 atom stereocenters. The van der Waals surface area contributed by atoms with Crippen molar-refractivity contribution in [2.45, 2.75) is 149 Å². The zero-order valence-electron chi connectivity index (χ0n) is 35.7. The van der Waals surface area contributed by atoms with Crippen molar-refractivity contribution in [3.8, 4) is 0 Å². The van der Waals surface area contributed by atoms with E-state index in [1.54, 1.807) is 19.2 Å². The number of benzene rings is 1. The van der Waals surface area contributed by atoms with Gasteiger partial charge in [-0.1, -0.05) is 77.2 Å². The maximum Gasteiger partial charge on any atom is 0.309 e. The van der Waals surface area contributed by atoms with E-state index in [0.717, 1.165) is 74.7 Å². The molecule has 3 rings (SSSR count). The van der Waals surface area contributed by atoms with Gasteiger partial charge < -0.3 is 36.0 Å². The summed E-state index contributed by atoms with van der Waals surface area (Å²) in [6, 6.07) is 5.95. The molecule has 5 N–H and O–H groups in total. The standard InChI is InChI=1S/C44H70N6O6S/c1-10-13-14-17-24-50(42(53)38(30(6)11-2)49-39(51)34-18-15-16-23-46-34)36(29(4)5)26-37(56-12-3)41-48-35(28-57-41)40(52)47-33(27-44(7,8)43(54)55)25-31-19-21-32(45-9)22-20-31/h19-22,28,30,33-34,36-38,45-46H,4,10-18,23-27H2,1-3,5-9H3,(H,47,52)(H,49,51)(H,54,55)/t30-,33-,34+,36+,37+,38-/m0/s1. The highest BCUT2D eigenvalue weighted by atomic mass is 32.1. The average molecular weight is 811 g/mol. The molecule has 57 heavy (non-hydrogen) atoms. The number of thiazole rings is 1. The summed E-state index contributed by atoms with van der Waals surface area (Å²) in [7, 11) is 1.84. The second-order valence-corrected chi connectivity index (χ2v) is 17.2. The first kappa shape index (κ1) is 47.6. The Kier molecular flexibility index (Phi) is 19.7. The summed E-state index contributed by atoms with van der Waals surface area (Å²) >= 11 is 1.32. The van der Waals surface area contributed by atoms with Crippen LogP contribution in [0.1, 0.15) is 140 Å². The molecule has 1 aromatic carbocycles. The van der Waals surface area contributed by atoms with Crippen LogP contribution in [0, 0.1) is 11.3 Å². The van der Waals surface area contributed by atoms with Gasteiger partial charge in [0.15, 0.2) is 0 Å². The van der Waals surface area contributed by atoms with Crippen LogP contribution in [0.25, 0.3) is 0 Å². The summed E-state index contributed by atoms with van der Waals surface area (Å²) in [5, 5.41) is 24.9. The minimum absolute atomic E-state index is 0.0886. The number of carboxylic acids is 1. The molecule has 0 aliphatic carbocycles. The summed E-state index contributed by atoms with van der Waals surface area (Å²) in [6.45, 7) is 19.4. The van der Waals surface area contributed by atoms with E-state index >= 15 is 0 Å². The molecule has 13 heteroatoms. The number of carbonyl (C=O) groups excluding carboxylic acids is 3. The summed E-state index contributed by atoms with van der Waals surface area (Å²) < 4.78 is 6.31. The Morgan fingerprint density at radius 3 is 2.39 bits per heavy atom. The molecule has 318 valence electrons. The molecule has 12 nitrogen and oxygen atoms in total. The number of nitrogens with one attached hydrogen (secondary N) is 4. The number of ether oxygens (including phenoxy) is 1. The minimum Gasteiger partial charge on any atom is -0.481 e. The van der Waals surface area contributed by atoms with Crippen LogP contribution in [0.5, 0.6) is 0 Å². The molecule has 1 aliphatic rings. The Morgan fingerprint density at radius 2 is 1.81 bits per heavy atom. The number of unbranched alkanes of at least 4 members (excludes halogenated alkanes) is 3. The highest BCUT2D eigenvalue weighted by Gasteiger charge is 2.37. The number of carbonyl (C=O) groups is 4. The van der Waals surface area contributed by atoms with Gasteiger partial charge in [0.05, 0.1) is 17.5 Å². The van der Waals surface area contributed by atoms with Gasteiger partial charge >= 0.3 is 5.97 Å². The van der Waals surface area contributed by atoms with E-state index in [2.05, 4.69) is 34.8 Å². The molecule has 0 bridgehead atoms. The molecule has 0 unspecified atom stereocenters. The number of nitrogens with zero attached hydrogens (tertiary/aromatic N) is 2. The summed E-state index contributed by atoms with van der Waals surface area (Å²) in [4.78, 5) is 60.8. The number of aliphatic carboxylic acids is 1. The van der Waals surface area contributed by atoms with E-state index < -0.39 is 41.5 Å². The molecule has 1 fully saturated rings. The number of carboxylic acid groups (broad SMARTS) is 1. The van der Waals surface area contributed by atoms with Crippen LogP contribution in [0.15, 0.2) is 41.8 Å². The topological polar surface area (TPSA) is 162 Å². The Hall–Kier alpha value is -3.81. The van der Waals surface area contributed by atoms with Gasteiger partial charge in [0, 0.05) is 43.7 Å². The summed E-state index contributed by atoms with van der Waals surface area (Å²) in [5.74, 6) is -1.67. The van der Waals surface area contributed by atoms with E-state index in [4.69, 9.17) is 9.72 Å². The van der Waals surface area contributed by atoms with Crippen molar-refractivity contribution in [2.24, 2.45) is 11.3 Å². The number of aromatic nitrogens is 1. The smallest absolute Gasteiger partial charge is 0.309 e. The monoisotopic (exact) mass is 811 g/mol. The van der Waals surface area contributed by atoms with Crippen LogP contribution in [0.3, 0.4) is 0 Å². The van der Waals surface area contributed by atoms with Crippen molar-refractivity contribution in [2.75, 3.05) is 32.1 Å². The Balaban J connectivity index is 1.90. The average Bonchev–Trinajstić information content (AvgIpc) is 3.69. The van der Waals surface area contributed by atoms with Gasteiger partial charge in [0.2, 0.25) is 11.8 Å². The third kappa shape index (κ3) is 14.5. The summed E-state index contributed by atoms with van der Waals surface area (Å²) in [5.41, 5.74) is 1.87. The van der Waals surface area contributed by atoms with Crippen molar-refractivity contribution in [1.82, 2.24) is 25.8 Å². The van der Waals surface area contributed by atoms with Crippen LogP contribution in [0.4, 0.5) is 5.69 Å². The lowest BCUT2D eigenvalue weighted by Gasteiger charge is -2.38. The zero-order chi connectivity index (χ0) is 42.1. The van der Waals surface area contributed by atoms with E-state index in [0.29, 0.717) is 31.0 Å². The first-order chi connectivity index (χ1) is 27.1. The first-order valence-electron chi connectivity index (χ1n) is 21.0. The molecule has 0 spiro atoms. The van der Waals surface area contributed by atoms with Gasteiger partial charge in [0.1, 0.15) is 22.8 Å². The Bertz CT molecular complexity index is 1590. The van der Waals surface area contributed by atoms with Gasteiger partial charge in [-0.3, -0.25) is 19.2 Å². The van der Waals surface area contributed by atoms with Crippen molar-refractivity contribution in [3.63, 3.8) is 0 Å². The highest BCUT2D eigenvalue weighted by Crippen LogP contribution is 2.32. The molecule has 0 saturated carbocycles. The lowest BCUT2D eigenvalue weighted by atomic mass is 9.84. The lowest BCUT2D eigenvalue weighted by Crippen LogP contribution is -2.58. The molecule has 3 amide bonds. The number of hydrogen-bond acceptors (Lipinski definition) is 9. The number of rotatable bonds is 25. The zero-order valence-corrected chi connectivity index (χ0v) is 36.6. The second kappa shape index (κ2) is 23.6. The fraction of sp³-hybridized carbons (Fsp3) is 0.659. The molecule has 1 aliphatic heterocycles. The molecule has 0 radical (unpaired) electrons. The third-order valence-electron chi connectivity index (χ3n) is 11.1. The number of hydrogen-bond donors (Lipinski definition) is 5. The van der Waals surface area contributed by atoms with Crippen molar-refractivity contribution in [3.05, 3.63) is 58.1 Å². The molecular weight excluding hydrogens is 741 g/mol. The maximum atomic E-state index is 14.8. The number of amides is 3. The maximum absolute atomic E-state index is 14.8. The first-order valence-corrected chi connectivity index (χ1v) is 21.9. The Morgan fingerprint density at radius 1 is 1.09 bits per heavy atom. The SMILES string of the molecule is C=C(C)[C@@H](C[C@@H](OCC)c1nc(C(=O)N[C@@H](Cc2ccc(NC)cc2)CC(C)(C)C(=O)O)cs1)N(CCCCCC)C(=O)[C@@H](NC(=O)[C@H]1CCCCN1)[C@@H](C)CC. The second-order valence-electron chi connectivity index (χ2n) is 16.3. The van der Waals surface area contributed by atoms with Crippen molar-refractivity contribution in [1.29, 1.82) is 0 Å². The normalized spacial score (nSPS) is 17.1. The number of anilines is 1. The molecular formula is C44H70N6O6S. The fourth-order valence-electron chi connectivity index (χ4n) is 7.33. The van der Waals surface area contributed by atoms with E-state index in [-0.39, 0.29) is 35.9 Å². The lowest BCUT2D eigenvalue weighted by molar-refractivity contribution is -0.147. The van der Waals surface area contributed by atoms with Crippen LogP contribution in [0.2, 0.25) is 0 Å². The quantitative estimate of drug-likeness (QED) is 0.0505. The molecule has 2 heterocycles. The van der Waals surface area contributed by atoms with Gasteiger partial charge in [-0.2, -0.15) is 0 Å². The largest absolute Gasteiger partial charge is 0.481 e. The summed E-state index contributed by atoms with van der Waals surface area (Å²) in [6.07, 6.45) is 7.89. The van der Waals surface area contributed by atoms with Gasteiger partial charge in [-0.15, -0.1) is 11.3 Å². The predicted octanol–water partition coefficient (Wildman–Crippen LogP) is 7.52. The van der Waals surface area contributed by atoms with Crippen LogP contribution < -0.4 is 21.3 Å². The molecule has 2 aromatic rings. The van der Waals surface area contributed by atoms with Gasteiger partial charge in [0.25, 0.3) is 5.91 Å². The third-order valence-corrected chi connectivity index (χ3v) is 12.1. The molecule has 1 aromatic heterocycles. The van der Waals surface area contributed by atoms with Gasteiger partial charge in [-0.05, 0) is 90.0 Å². The van der Waals surface area contributed by atoms with Crippen LogP contribution in [-0.4, -0.2) is 89.6 Å². The fourth-order valence-corrected chi connectivity index (χ4v) is 8.19. The Labute approximate surface area is 345 Å². The number of piperidine rings is 1. The molecule has 1 saturated heterocycles.